The van der Waals surface area contributed by atoms with Crippen molar-refractivity contribution in [3.05, 3.63) is 59.7 Å². The summed E-state index contributed by atoms with van der Waals surface area (Å²) in [6, 6.07) is 16.5. The number of nitriles is 1. The maximum atomic E-state index is 13.2. The Morgan fingerprint density at radius 1 is 1.00 bits per heavy atom. The molecule has 0 atom stereocenters. The van der Waals surface area contributed by atoms with Gasteiger partial charge >= 0.3 is 0 Å². The van der Waals surface area contributed by atoms with E-state index in [1.54, 1.807) is 17.0 Å². The van der Waals surface area contributed by atoms with Crippen LogP contribution in [0.15, 0.2) is 53.4 Å². The fourth-order valence-electron chi connectivity index (χ4n) is 5.00. The highest BCUT2D eigenvalue weighted by Crippen LogP contribution is 2.28. The van der Waals surface area contributed by atoms with Crippen molar-refractivity contribution in [3.8, 4) is 6.07 Å². The second-order valence-corrected chi connectivity index (χ2v) is 11.1. The largest absolute Gasteiger partial charge is 0.371 e. The van der Waals surface area contributed by atoms with Gasteiger partial charge in [0.2, 0.25) is 15.9 Å². The molecule has 2 aliphatic heterocycles. The molecule has 0 radical (unpaired) electrons. The zero-order chi connectivity index (χ0) is 24.1. The number of sulfonamides is 1. The minimum atomic E-state index is -3.76. The zero-order valence-electron chi connectivity index (χ0n) is 19.7. The first-order valence-electron chi connectivity index (χ1n) is 12.0. The van der Waals surface area contributed by atoms with E-state index in [-0.39, 0.29) is 35.4 Å². The summed E-state index contributed by atoms with van der Waals surface area (Å²) in [7, 11) is -1.93. The molecule has 0 saturated carbocycles. The van der Waals surface area contributed by atoms with Crippen molar-refractivity contribution in [2.75, 3.05) is 38.1 Å². The maximum absolute atomic E-state index is 13.2. The molecule has 4 rings (SSSR count). The molecular weight excluding hydrogens is 448 g/mol. The van der Waals surface area contributed by atoms with E-state index in [1.165, 1.54) is 41.4 Å². The Hall–Kier alpha value is -2.89. The van der Waals surface area contributed by atoms with Crippen molar-refractivity contribution in [2.45, 2.75) is 43.5 Å². The number of hydrogen-bond donors (Lipinski definition) is 0. The third-order valence-electron chi connectivity index (χ3n) is 6.90. The summed E-state index contributed by atoms with van der Waals surface area (Å²) in [4.78, 5) is 17.5. The van der Waals surface area contributed by atoms with E-state index in [1.807, 2.05) is 19.2 Å². The van der Waals surface area contributed by atoms with Crippen LogP contribution >= 0.6 is 0 Å². The number of carbonyl (C=O) groups excluding carboxylic acids is 1. The van der Waals surface area contributed by atoms with E-state index in [4.69, 9.17) is 0 Å². The predicted octanol–water partition coefficient (Wildman–Crippen LogP) is 3.61. The number of para-hydroxylation sites is 1. The molecule has 34 heavy (non-hydrogen) atoms. The number of piperidine rings is 2. The number of carbonyl (C=O) groups is 1. The second kappa shape index (κ2) is 10.6. The highest BCUT2D eigenvalue weighted by molar-refractivity contribution is 7.89. The smallest absolute Gasteiger partial charge is 0.244 e. The molecule has 0 aliphatic carbocycles. The first-order chi connectivity index (χ1) is 16.4. The maximum Gasteiger partial charge on any atom is 0.244 e. The standard InChI is InChI=1S/C26H32N4O3S/c1-28(20-23-10-3-5-11-24(23)29-15-7-2-8-16-29)26(31)21-13-17-30(18-14-21)34(32,33)25-12-6-4-9-22(25)19-27/h3-6,9-12,21H,2,7-8,13-18,20H2,1H3. The van der Waals surface area contributed by atoms with Gasteiger partial charge in [0.1, 0.15) is 6.07 Å². The molecule has 180 valence electrons. The number of benzene rings is 2. The molecule has 1 amide bonds. The van der Waals surface area contributed by atoms with Gasteiger partial charge in [-0.25, -0.2) is 8.42 Å². The first kappa shape index (κ1) is 24.2. The fraction of sp³-hybridized carbons (Fsp3) is 0.462. The lowest BCUT2D eigenvalue weighted by Gasteiger charge is -2.34. The first-order valence-corrected chi connectivity index (χ1v) is 13.4. The molecule has 8 heteroatoms. The van der Waals surface area contributed by atoms with Gasteiger partial charge in [0.15, 0.2) is 0 Å². The van der Waals surface area contributed by atoms with Gasteiger partial charge in [-0.1, -0.05) is 30.3 Å². The van der Waals surface area contributed by atoms with Crippen LogP contribution in [0.25, 0.3) is 0 Å². The molecule has 0 unspecified atom stereocenters. The third kappa shape index (κ3) is 5.11. The van der Waals surface area contributed by atoms with E-state index < -0.39 is 10.0 Å². The zero-order valence-corrected chi connectivity index (χ0v) is 20.5. The summed E-state index contributed by atoms with van der Waals surface area (Å²) >= 11 is 0. The van der Waals surface area contributed by atoms with Crippen LogP contribution in [-0.2, 0) is 21.4 Å². The van der Waals surface area contributed by atoms with Crippen LogP contribution in [0.1, 0.15) is 43.2 Å². The lowest BCUT2D eigenvalue weighted by Crippen LogP contribution is -2.43. The molecule has 0 aromatic heterocycles. The van der Waals surface area contributed by atoms with Gasteiger partial charge in [-0.3, -0.25) is 4.79 Å². The second-order valence-electron chi connectivity index (χ2n) is 9.16. The molecule has 2 aromatic carbocycles. The highest BCUT2D eigenvalue weighted by Gasteiger charge is 2.34. The Labute approximate surface area is 202 Å². The van der Waals surface area contributed by atoms with E-state index in [9.17, 15) is 18.5 Å². The van der Waals surface area contributed by atoms with E-state index in [2.05, 4.69) is 23.1 Å². The van der Waals surface area contributed by atoms with Gasteiger partial charge in [0, 0.05) is 51.4 Å². The molecule has 0 bridgehead atoms. The van der Waals surface area contributed by atoms with Gasteiger partial charge in [-0.05, 0) is 55.9 Å². The van der Waals surface area contributed by atoms with Gasteiger partial charge in [0.05, 0.1) is 10.5 Å². The number of rotatable bonds is 6. The van der Waals surface area contributed by atoms with E-state index in [0.29, 0.717) is 19.4 Å². The molecular formula is C26H32N4O3S. The van der Waals surface area contributed by atoms with Crippen LogP contribution in [0.4, 0.5) is 5.69 Å². The summed E-state index contributed by atoms with van der Waals surface area (Å²) < 4.78 is 27.6. The molecule has 2 fully saturated rings. The van der Waals surface area contributed by atoms with E-state index in [0.717, 1.165) is 18.7 Å². The van der Waals surface area contributed by atoms with Crippen LogP contribution in [-0.4, -0.2) is 56.8 Å². The Morgan fingerprint density at radius 3 is 2.35 bits per heavy atom. The fourth-order valence-corrected chi connectivity index (χ4v) is 6.61. The summed E-state index contributed by atoms with van der Waals surface area (Å²) in [5.74, 6) is -0.146. The summed E-state index contributed by atoms with van der Waals surface area (Å²) in [5, 5.41) is 9.29. The summed E-state index contributed by atoms with van der Waals surface area (Å²) in [5.41, 5.74) is 2.50. The van der Waals surface area contributed by atoms with Crippen LogP contribution < -0.4 is 4.90 Å². The summed E-state index contributed by atoms with van der Waals surface area (Å²) in [6.07, 6.45) is 4.62. The SMILES string of the molecule is CN(Cc1ccccc1N1CCCCC1)C(=O)C1CCN(S(=O)(=O)c2ccccc2C#N)CC1. The molecule has 7 nitrogen and oxygen atoms in total. The number of hydrogen-bond acceptors (Lipinski definition) is 5. The minimum absolute atomic E-state index is 0.0358. The van der Waals surface area contributed by atoms with Gasteiger partial charge in [0.25, 0.3) is 0 Å². The minimum Gasteiger partial charge on any atom is -0.371 e. The lowest BCUT2D eigenvalue weighted by molar-refractivity contribution is -0.135. The van der Waals surface area contributed by atoms with Crippen molar-refractivity contribution < 1.29 is 13.2 Å². The Kier molecular flexibility index (Phi) is 7.54. The van der Waals surface area contributed by atoms with Gasteiger partial charge in [-0.2, -0.15) is 9.57 Å². The normalized spacial score (nSPS) is 17.8. The summed E-state index contributed by atoms with van der Waals surface area (Å²) in [6.45, 7) is 3.19. The van der Waals surface area contributed by atoms with Crippen LogP contribution in [0.3, 0.4) is 0 Å². The molecule has 2 aliphatic rings. The molecule has 0 spiro atoms. The van der Waals surface area contributed by atoms with Crippen molar-refractivity contribution in [1.29, 1.82) is 5.26 Å². The number of anilines is 1. The third-order valence-corrected chi connectivity index (χ3v) is 8.86. The van der Waals surface area contributed by atoms with Crippen molar-refractivity contribution in [3.63, 3.8) is 0 Å². The quantitative estimate of drug-likeness (QED) is 0.631. The number of amides is 1. The highest BCUT2D eigenvalue weighted by atomic mass is 32.2. The average Bonchev–Trinajstić information content (AvgIpc) is 2.89. The van der Waals surface area contributed by atoms with Crippen molar-refractivity contribution in [2.24, 2.45) is 5.92 Å². The Morgan fingerprint density at radius 2 is 1.65 bits per heavy atom. The van der Waals surface area contributed by atoms with Gasteiger partial charge < -0.3 is 9.80 Å². The molecule has 2 aromatic rings. The van der Waals surface area contributed by atoms with Crippen molar-refractivity contribution in [1.82, 2.24) is 9.21 Å². The molecule has 0 N–H and O–H groups in total. The molecule has 2 heterocycles. The van der Waals surface area contributed by atoms with Crippen LogP contribution in [0.2, 0.25) is 0 Å². The number of nitrogens with zero attached hydrogens (tertiary/aromatic N) is 4. The van der Waals surface area contributed by atoms with Gasteiger partial charge in [-0.15, -0.1) is 0 Å². The monoisotopic (exact) mass is 480 g/mol. The Balaban J connectivity index is 1.39. The molecule has 2 saturated heterocycles. The Bertz CT molecular complexity index is 1160. The lowest BCUT2D eigenvalue weighted by atomic mass is 9.96. The van der Waals surface area contributed by atoms with Crippen LogP contribution in [0.5, 0.6) is 0 Å². The topological polar surface area (TPSA) is 84.7 Å². The average molecular weight is 481 g/mol. The van der Waals surface area contributed by atoms with Crippen LogP contribution in [0, 0.1) is 17.2 Å². The van der Waals surface area contributed by atoms with E-state index >= 15 is 0 Å². The predicted molar refractivity (Wildman–Crippen MR) is 132 cm³/mol. The van der Waals surface area contributed by atoms with Crippen molar-refractivity contribution >= 4 is 21.6 Å².